The Bertz CT molecular complexity index is 1310. The molecule has 0 aliphatic carbocycles. The van der Waals surface area contributed by atoms with Gasteiger partial charge in [0.15, 0.2) is 0 Å². The van der Waals surface area contributed by atoms with Crippen LogP contribution in [0, 0.1) is 0 Å². The molecule has 0 amide bonds. The number of para-hydroxylation sites is 1. The SMILES string of the molecule is OC1c2cc(-c3ccc(OC(F)(F)F)cc3)ccc2OCCN1Cc1ccc2ccccc2n1. The fourth-order valence-electron chi connectivity index (χ4n) is 4.07. The highest BCUT2D eigenvalue weighted by Crippen LogP contribution is 2.35. The minimum Gasteiger partial charge on any atom is -0.492 e. The van der Waals surface area contributed by atoms with E-state index in [-0.39, 0.29) is 5.75 Å². The first-order valence-electron chi connectivity index (χ1n) is 10.8. The lowest BCUT2D eigenvalue weighted by molar-refractivity contribution is -0.274. The lowest BCUT2D eigenvalue weighted by Crippen LogP contribution is -2.30. The number of nitrogens with zero attached hydrogens (tertiary/aromatic N) is 2. The topological polar surface area (TPSA) is 54.8 Å². The minimum atomic E-state index is -4.74. The van der Waals surface area contributed by atoms with Crippen molar-refractivity contribution in [2.45, 2.75) is 19.1 Å². The van der Waals surface area contributed by atoms with E-state index in [1.165, 1.54) is 12.1 Å². The molecule has 2 heterocycles. The van der Waals surface area contributed by atoms with Crippen LogP contribution in [0.5, 0.6) is 11.5 Å². The summed E-state index contributed by atoms with van der Waals surface area (Å²) in [6.07, 6.45) is -5.67. The van der Waals surface area contributed by atoms with Gasteiger partial charge in [-0.15, -0.1) is 13.2 Å². The summed E-state index contributed by atoms with van der Waals surface area (Å²) in [6.45, 7) is 1.34. The Kier molecular flexibility index (Phi) is 5.85. The third-order valence-electron chi connectivity index (χ3n) is 5.71. The van der Waals surface area contributed by atoms with Crippen LogP contribution in [0.15, 0.2) is 78.9 Å². The number of pyridine rings is 1. The molecule has 174 valence electrons. The van der Waals surface area contributed by atoms with Gasteiger partial charge in [0, 0.05) is 24.0 Å². The summed E-state index contributed by atoms with van der Waals surface area (Å²) in [6, 6.07) is 22.8. The van der Waals surface area contributed by atoms with Crippen molar-refractivity contribution < 1.29 is 27.8 Å². The Labute approximate surface area is 194 Å². The highest BCUT2D eigenvalue weighted by Gasteiger charge is 2.31. The Morgan fingerprint density at radius 3 is 2.53 bits per heavy atom. The monoisotopic (exact) mass is 466 g/mol. The first-order chi connectivity index (χ1) is 16.4. The smallest absolute Gasteiger partial charge is 0.492 e. The molecule has 0 saturated carbocycles. The number of hydrogen-bond acceptors (Lipinski definition) is 5. The molecule has 1 N–H and O–H groups in total. The van der Waals surface area contributed by atoms with Crippen molar-refractivity contribution in [3.63, 3.8) is 0 Å². The van der Waals surface area contributed by atoms with E-state index in [9.17, 15) is 18.3 Å². The molecule has 1 aliphatic rings. The van der Waals surface area contributed by atoms with Crippen LogP contribution in [0.25, 0.3) is 22.0 Å². The van der Waals surface area contributed by atoms with Crippen LogP contribution < -0.4 is 9.47 Å². The fraction of sp³-hybridized carbons (Fsp3) is 0.192. The first-order valence-corrected chi connectivity index (χ1v) is 10.8. The van der Waals surface area contributed by atoms with Crippen molar-refractivity contribution in [3.05, 3.63) is 90.1 Å². The van der Waals surface area contributed by atoms with E-state index >= 15 is 0 Å². The molecule has 1 aliphatic heterocycles. The second-order valence-electron chi connectivity index (χ2n) is 8.01. The van der Waals surface area contributed by atoms with Gasteiger partial charge in [0.2, 0.25) is 0 Å². The van der Waals surface area contributed by atoms with Crippen LogP contribution in [0.1, 0.15) is 17.5 Å². The molecule has 0 fully saturated rings. The van der Waals surface area contributed by atoms with Crippen molar-refractivity contribution in [3.8, 4) is 22.6 Å². The zero-order chi connectivity index (χ0) is 23.7. The summed E-state index contributed by atoms with van der Waals surface area (Å²) < 4.78 is 47.1. The zero-order valence-corrected chi connectivity index (χ0v) is 18.0. The molecule has 1 unspecified atom stereocenters. The third kappa shape index (κ3) is 4.83. The molecule has 1 aromatic heterocycles. The van der Waals surface area contributed by atoms with Gasteiger partial charge < -0.3 is 14.6 Å². The minimum absolute atomic E-state index is 0.288. The third-order valence-corrected chi connectivity index (χ3v) is 5.71. The van der Waals surface area contributed by atoms with Crippen molar-refractivity contribution in [1.82, 2.24) is 9.88 Å². The molecule has 8 heteroatoms. The number of aliphatic hydroxyl groups excluding tert-OH is 1. The summed E-state index contributed by atoms with van der Waals surface area (Å²) in [7, 11) is 0. The van der Waals surface area contributed by atoms with Crippen LogP contribution in [0.4, 0.5) is 13.2 Å². The number of benzene rings is 3. The van der Waals surface area contributed by atoms with Crippen molar-refractivity contribution >= 4 is 10.9 Å². The Morgan fingerprint density at radius 2 is 1.74 bits per heavy atom. The van der Waals surface area contributed by atoms with E-state index in [0.29, 0.717) is 36.6 Å². The van der Waals surface area contributed by atoms with E-state index in [1.807, 2.05) is 47.4 Å². The Morgan fingerprint density at radius 1 is 0.971 bits per heavy atom. The number of ether oxygens (including phenoxy) is 2. The molecular formula is C26H21F3N2O3. The number of rotatable bonds is 4. The normalized spacial score (nSPS) is 16.5. The quantitative estimate of drug-likeness (QED) is 0.419. The predicted molar refractivity (Wildman–Crippen MR) is 121 cm³/mol. The molecule has 0 spiro atoms. The largest absolute Gasteiger partial charge is 0.573 e. The van der Waals surface area contributed by atoms with Gasteiger partial charge in [-0.3, -0.25) is 9.88 Å². The van der Waals surface area contributed by atoms with Crippen molar-refractivity contribution in [2.24, 2.45) is 0 Å². The van der Waals surface area contributed by atoms with E-state index < -0.39 is 12.6 Å². The fourth-order valence-corrected chi connectivity index (χ4v) is 4.07. The molecule has 4 aromatic rings. The maximum Gasteiger partial charge on any atom is 0.573 e. The predicted octanol–water partition coefficient (Wildman–Crippen LogP) is 5.69. The highest BCUT2D eigenvalue weighted by atomic mass is 19.4. The van der Waals surface area contributed by atoms with Crippen LogP contribution >= 0.6 is 0 Å². The van der Waals surface area contributed by atoms with Crippen LogP contribution in [-0.4, -0.2) is 34.5 Å². The molecule has 34 heavy (non-hydrogen) atoms. The molecular weight excluding hydrogens is 445 g/mol. The maximum absolute atomic E-state index is 12.4. The number of aliphatic hydroxyl groups is 1. The van der Waals surface area contributed by atoms with Crippen LogP contribution in [0.3, 0.4) is 0 Å². The maximum atomic E-state index is 12.4. The average molecular weight is 466 g/mol. The summed E-state index contributed by atoms with van der Waals surface area (Å²) >= 11 is 0. The number of hydrogen-bond donors (Lipinski definition) is 1. The highest BCUT2D eigenvalue weighted by molar-refractivity contribution is 5.78. The van der Waals surface area contributed by atoms with Crippen molar-refractivity contribution in [2.75, 3.05) is 13.2 Å². The molecule has 0 radical (unpaired) electrons. The van der Waals surface area contributed by atoms with E-state index in [2.05, 4.69) is 4.74 Å². The Hall–Kier alpha value is -3.62. The lowest BCUT2D eigenvalue weighted by atomic mass is 10.0. The summed E-state index contributed by atoms with van der Waals surface area (Å²) in [5.74, 6) is 0.283. The van der Waals surface area contributed by atoms with Crippen LogP contribution in [-0.2, 0) is 6.54 Å². The Balaban J connectivity index is 1.39. The molecule has 0 saturated heterocycles. The summed E-state index contributed by atoms with van der Waals surface area (Å²) in [4.78, 5) is 6.59. The van der Waals surface area contributed by atoms with Gasteiger partial charge in [-0.25, -0.2) is 0 Å². The first kappa shape index (κ1) is 22.2. The molecule has 0 bridgehead atoms. The summed E-state index contributed by atoms with van der Waals surface area (Å²) in [5.41, 5.74) is 3.74. The van der Waals surface area contributed by atoms with Gasteiger partial charge in [0.1, 0.15) is 24.3 Å². The van der Waals surface area contributed by atoms with Gasteiger partial charge in [-0.1, -0.05) is 42.5 Å². The van der Waals surface area contributed by atoms with Gasteiger partial charge >= 0.3 is 6.36 Å². The molecule has 1 atom stereocenters. The van der Waals surface area contributed by atoms with E-state index in [0.717, 1.165) is 22.2 Å². The summed E-state index contributed by atoms with van der Waals surface area (Å²) in [5, 5.41) is 12.2. The van der Waals surface area contributed by atoms with Gasteiger partial charge in [0.05, 0.1) is 11.2 Å². The van der Waals surface area contributed by atoms with Gasteiger partial charge in [-0.2, -0.15) is 0 Å². The second kappa shape index (κ2) is 8.96. The average Bonchev–Trinajstić information content (AvgIpc) is 2.97. The van der Waals surface area contributed by atoms with E-state index in [1.54, 1.807) is 24.3 Å². The van der Waals surface area contributed by atoms with E-state index in [4.69, 9.17) is 9.72 Å². The number of aromatic nitrogens is 1. The number of alkyl halides is 3. The number of fused-ring (bicyclic) bond motifs is 2. The van der Waals surface area contributed by atoms with Crippen molar-refractivity contribution in [1.29, 1.82) is 0 Å². The second-order valence-corrected chi connectivity index (χ2v) is 8.01. The molecule has 5 nitrogen and oxygen atoms in total. The molecule has 3 aromatic carbocycles. The van der Waals surface area contributed by atoms with Gasteiger partial charge in [-0.05, 0) is 47.5 Å². The van der Waals surface area contributed by atoms with Crippen LogP contribution in [0.2, 0.25) is 0 Å². The number of halogens is 3. The lowest BCUT2D eigenvalue weighted by Gasteiger charge is -2.25. The molecule has 5 rings (SSSR count). The van der Waals surface area contributed by atoms with Gasteiger partial charge in [0.25, 0.3) is 0 Å². The standard InChI is InChI=1S/C26H21F3N2O3/c27-26(28,29)34-21-10-6-17(7-11-21)19-8-12-24-22(15-19)25(32)31(13-14-33-24)16-20-9-5-18-3-1-2-4-23(18)30-20/h1-12,15,25,32H,13-14,16H2. The zero-order valence-electron chi connectivity index (χ0n) is 18.0.